The van der Waals surface area contributed by atoms with Crippen LogP contribution in [0.15, 0.2) is 60.9 Å². The lowest BCUT2D eigenvalue weighted by Gasteiger charge is -2.06. The van der Waals surface area contributed by atoms with Gasteiger partial charge >= 0.3 is 0 Å². The van der Waals surface area contributed by atoms with E-state index in [9.17, 15) is 13.6 Å². The number of rotatable bonds is 7. The molecule has 2 aromatic heterocycles. The van der Waals surface area contributed by atoms with Gasteiger partial charge in [-0.05, 0) is 42.5 Å². The van der Waals surface area contributed by atoms with Gasteiger partial charge in [-0.25, -0.2) is 13.5 Å². The number of hydrogen-bond acceptors (Lipinski definition) is 4. The number of carbonyl (C=O) groups is 1. The lowest BCUT2D eigenvalue weighted by molar-refractivity contribution is 0.101. The molecule has 0 atom stereocenters. The molecule has 164 valence electrons. The third-order valence-corrected chi connectivity index (χ3v) is 5.01. The molecular formula is C21H15Cl2F2N5O2. The van der Waals surface area contributed by atoms with E-state index >= 15 is 0 Å². The number of halogens is 4. The van der Waals surface area contributed by atoms with E-state index in [1.807, 2.05) is 0 Å². The van der Waals surface area contributed by atoms with Crippen LogP contribution < -0.4 is 10.1 Å². The predicted molar refractivity (Wildman–Crippen MR) is 115 cm³/mol. The van der Waals surface area contributed by atoms with E-state index in [4.69, 9.17) is 27.9 Å². The summed E-state index contributed by atoms with van der Waals surface area (Å²) in [6, 6.07) is 11.4. The fraction of sp³-hybridized carbons (Fsp3) is 0.0952. The zero-order valence-corrected chi connectivity index (χ0v) is 17.8. The van der Waals surface area contributed by atoms with Crippen molar-refractivity contribution < 1.29 is 18.3 Å². The molecule has 2 aromatic carbocycles. The van der Waals surface area contributed by atoms with E-state index in [2.05, 4.69) is 15.5 Å². The molecule has 0 aliphatic carbocycles. The molecule has 0 saturated carbocycles. The Bertz CT molecular complexity index is 1240. The average Bonchev–Trinajstić information content (AvgIpc) is 3.37. The molecule has 0 fully saturated rings. The number of carbonyl (C=O) groups excluding carboxylic acids is 1. The maximum atomic E-state index is 14.0. The second kappa shape index (κ2) is 9.37. The number of benzene rings is 2. The van der Waals surface area contributed by atoms with Crippen LogP contribution >= 0.6 is 23.2 Å². The van der Waals surface area contributed by atoms with Crippen LogP contribution in [0.3, 0.4) is 0 Å². The molecular weight excluding hydrogens is 463 g/mol. The summed E-state index contributed by atoms with van der Waals surface area (Å²) in [5.41, 5.74) is 0.363. The van der Waals surface area contributed by atoms with Gasteiger partial charge in [0.2, 0.25) is 0 Å². The number of hydrogen-bond donors (Lipinski definition) is 1. The molecule has 32 heavy (non-hydrogen) atoms. The number of aromatic nitrogens is 4. The summed E-state index contributed by atoms with van der Waals surface area (Å²) in [5.74, 6) is -0.820. The van der Waals surface area contributed by atoms with Crippen molar-refractivity contribution in [3.63, 3.8) is 0 Å². The summed E-state index contributed by atoms with van der Waals surface area (Å²) >= 11 is 12.2. The van der Waals surface area contributed by atoms with Crippen LogP contribution in [0.5, 0.6) is 5.75 Å². The fourth-order valence-corrected chi connectivity index (χ4v) is 3.23. The first-order valence-corrected chi connectivity index (χ1v) is 10.0. The number of nitrogens with zero attached hydrogens (tertiary/aromatic N) is 4. The summed E-state index contributed by atoms with van der Waals surface area (Å²) in [4.78, 5) is 12.5. The molecule has 7 nitrogen and oxygen atoms in total. The molecule has 0 aliphatic rings. The Balaban J connectivity index is 1.39. The molecule has 1 N–H and O–H groups in total. The summed E-state index contributed by atoms with van der Waals surface area (Å²) in [7, 11) is 0. The number of ether oxygens (including phenoxy) is 1. The normalized spacial score (nSPS) is 10.9. The number of nitrogens with one attached hydrogen (secondary N) is 1. The van der Waals surface area contributed by atoms with Crippen LogP contribution in [0.1, 0.15) is 16.1 Å². The zero-order valence-electron chi connectivity index (χ0n) is 16.3. The quantitative estimate of drug-likeness (QED) is 0.406. The van der Waals surface area contributed by atoms with E-state index in [1.54, 1.807) is 12.3 Å². The fourth-order valence-electron chi connectivity index (χ4n) is 2.81. The van der Waals surface area contributed by atoms with E-state index in [0.29, 0.717) is 5.75 Å². The van der Waals surface area contributed by atoms with Crippen LogP contribution in [-0.4, -0.2) is 25.5 Å². The topological polar surface area (TPSA) is 74.0 Å². The second-order valence-corrected chi connectivity index (χ2v) is 7.46. The molecule has 0 unspecified atom stereocenters. The molecule has 2 heterocycles. The monoisotopic (exact) mass is 477 g/mol. The zero-order chi connectivity index (χ0) is 22.7. The summed E-state index contributed by atoms with van der Waals surface area (Å²) < 4.78 is 35.2. The van der Waals surface area contributed by atoms with Crippen LogP contribution in [0.4, 0.5) is 14.6 Å². The highest BCUT2D eigenvalue weighted by Crippen LogP contribution is 2.24. The van der Waals surface area contributed by atoms with Gasteiger partial charge in [0.15, 0.2) is 18.2 Å². The Labute approximate surface area is 191 Å². The Morgan fingerprint density at radius 2 is 1.78 bits per heavy atom. The van der Waals surface area contributed by atoms with Gasteiger partial charge in [0.25, 0.3) is 5.91 Å². The predicted octanol–water partition coefficient (Wildman–Crippen LogP) is 5.00. The molecule has 1 amide bonds. The van der Waals surface area contributed by atoms with Crippen molar-refractivity contribution in [2.24, 2.45) is 0 Å². The number of amides is 1. The molecule has 0 radical (unpaired) electrons. The van der Waals surface area contributed by atoms with Crippen LogP contribution in [0, 0.1) is 11.6 Å². The van der Waals surface area contributed by atoms with E-state index in [0.717, 1.165) is 0 Å². The maximum absolute atomic E-state index is 14.0. The van der Waals surface area contributed by atoms with Gasteiger partial charge < -0.3 is 10.1 Å². The molecule has 4 rings (SSSR count). The second-order valence-electron chi connectivity index (χ2n) is 6.65. The third-order valence-electron chi connectivity index (χ3n) is 4.38. The van der Waals surface area contributed by atoms with Crippen LogP contribution in [0.2, 0.25) is 10.0 Å². The minimum atomic E-state index is -0.540. The first-order chi connectivity index (χ1) is 15.4. The Hall–Kier alpha value is -3.43. The average molecular weight is 478 g/mol. The Kier molecular flexibility index (Phi) is 6.38. The molecule has 11 heteroatoms. The lowest BCUT2D eigenvalue weighted by Crippen LogP contribution is -2.15. The number of anilines is 1. The third kappa shape index (κ3) is 5.06. The minimum absolute atomic E-state index is 0.0255. The van der Waals surface area contributed by atoms with Gasteiger partial charge in [-0.15, -0.1) is 0 Å². The minimum Gasteiger partial charge on any atom is -0.471 e. The summed E-state index contributed by atoms with van der Waals surface area (Å²) in [6.07, 6.45) is 3.01. The van der Waals surface area contributed by atoms with Gasteiger partial charge in [-0.2, -0.15) is 10.2 Å². The largest absolute Gasteiger partial charge is 0.471 e. The lowest BCUT2D eigenvalue weighted by atomic mass is 10.2. The van der Waals surface area contributed by atoms with E-state index in [1.165, 1.54) is 58.0 Å². The molecule has 0 aliphatic heterocycles. The van der Waals surface area contributed by atoms with Gasteiger partial charge in [0, 0.05) is 23.0 Å². The highest BCUT2D eigenvalue weighted by Gasteiger charge is 2.16. The molecule has 0 saturated heterocycles. The van der Waals surface area contributed by atoms with Crippen molar-refractivity contribution in [2.75, 3.05) is 5.32 Å². The van der Waals surface area contributed by atoms with Crippen molar-refractivity contribution in [2.45, 2.75) is 13.3 Å². The van der Waals surface area contributed by atoms with Crippen molar-refractivity contribution >= 4 is 34.9 Å². The maximum Gasteiger partial charge on any atom is 0.277 e. The van der Waals surface area contributed by atoms with Gasteiger partial charge in [-0.1, -0.05) is 29.3 Å². The first-order valence-electron chi connectivity index (χ1n) is 9.28. The first kappa shape index (κ1) is 21.8. The summed E-state index contributed by atoms with van der Waals surface area (Å²) in [6.45, 7) is 0.0636. The van der Waals surface area contributed by atoms with Crippen molar-refractivity contribution in [1.29, 1.82) is 0 Å². The van der Waals surface area contributed by atoms with Crippen LogP contribution in [-0.2, 0) is 13.3 Å². The standard InChI is InChI=1S/C21H15Cl2F2N5O2/c22-16-2-1-3-18(25)15(16)10-30-11-17(23)20(28-30)26-21(31)19-8-9-29(27-19)12-32-14-6-4-13(24)5-7-14/h1-9,11H,10,12H2,(H,26,28,31). The van der Waals surface area contributed by atoms with Crippen molar-refractivity contribution in [1.82, 2.24) is 19.6 Å². The van der Waals surface area contributed by atoms with Gasteiger partial charge in [-0.3, -0.25) is 9.48 Å². The highest BCUT2D eigenvalue weighted by molar-refractivity contribution is 6.33. The Morgan fingerprint density at radius 1 is 1.00 bits per heavy atom. The van der Waals surface area contributed by atoms with E-state index < -0.39 is 11.7 Å². The van der Waals surface area contributed by atoms with Crippen LogP contribution in [0.25, 0.3) is 0 Å². The van der Waals surface area contributed by atoms with Gasteiger partial charge in [0.1, 0.15) is 22.4 Å². The Morgan fingerprint density at radius 3 is 2.53 bits per heavy atom. The van der Waals surface area contributed by atoms with E-state index in [-0.39, 0.29) is 46.2 Å². The van der Waals surface area contributed by atoms with Crippen molar-refractivity contribution in [3.8, 4) is 5.75 Å². The molecule has 4 aromatic rings. The smallest absolute Gasteiger partial charge is 0.277 e. The van der Waals surface area contributed by atoms with Crippen molar-refractivity contribution in [3.05, 3.63) is 93.9 Å². The SMILES string of the molecule is O=C(Nc1nn(Cc2c(F)cccc2Cl)cc1Cl)c1ccn(COc2ccc(F)cc2)n1. The van der Waals surface area contributed by atoms with Gasteiger partial charge in [0.05, 0.1) is 6.54 Å². The highest BCUT2D eigenvalue weighted by atomic mass is 35.5. The molecule has 0 bridgehead atoms. The summed E-state index contributed by atoms with van der Waals surface area (Å²) in [5, 5.41) is 11.3. The molecule has 0 spiro atoms.